The molecule has 2 N–H and O–H groups in total. The van der Waals surface area contributed by atoms with Crippen LogP contribution in [0.3, 0.4) is 0 Å². The van der Waals surface area contributed by atoms with Crippen molar-refractivity contribution in [2.75, 3.05) is 17.2 Å². The molecule has 0 aliphatic carbocycles. The van der Waals surface area contributed by atoms with Crippen LogP contribution in [0.15, 0.2) is 67.0 Å². The first-order chi connectivity index (χ1) is 16.0. The number of thiophene rings is 1. The summed E-state index contributed by atoms with van der Waals surface area (Å²) in [6.07, 6.45) is 1.55. The van der Waals surface area contributed by atoms with E-state index in [0.29, 0.717) is 23.1 Å². The number of ether oxygens (including phenoxy) is 1. The minimum absolute atomic E-state index is 0.238. The van der Waals surface area contributed by atoms with Crippen LogP contribution in [0, 0.1) is 5.82 Å². The Morgan fingerprint density at radius 3 is 2.64 bits per heavy atom. The molecule has 0 aliphatic heterocycles. The Labute approximate surface area is 199 Å². The topological polar surface area (TPSA) is 81.1 Å². The molecule has 33 heavy (non-hydrogen) atoms. The van der Waals surface area contributed by atoms with Crippen LogP contribution in [-0.2, 0) is 11.3 Å². The summed E-state index contributed by atoms with van der Waals surface area (Å²) in [6, 6.07) is 17.7. The number of carbonyl (C=O) groups excluding carboxylic acids is 1. The third-order valence-electron chi connectivity index (χ3n) is 4.53. The molecule has 2 heterocycles. The fourth-order valence-electron chi connectivity index (χ4n) is 3.03. The molecule has 2 aromatic heterocycles. The molecule has 0 unspecified atom stereocenters. The number of anilines is 2. The second-order valence-corrected chi connectivity index (χ2v) is 8.37. The van der Waals surface area contributed by atoms with Crippen molar-refractivity contribution in [1.29, 1.82) is 0 Å². The van der Waals surface area contributed by atoms with Gasteiger partial charge in [-0.15, -0.1) is 16.4 Å². The zero-order valence-corrected chi connectivity index (χ0v) is 19.3. The molecule has 0 spiro atoms. The Morgan fingerprint density at radius 2 is 1.91 bits per heavy atom. The lowest BCUT2D eigenvalue weighted by atomic mass is 10.1. The van der Waals surface area contributed by atoms with Crippen molar-refractivity contribution in [1.82, 2.24) is 14.8 Å². The van der Waals surface area contributed by atoms with E-state index in [1.165, 1.54) is 23.5 Å². The van der Waals surface area contributed by atoms with Gasteiger partial charge in [-0.2, -0.15) is 0 Å². The molecule has 0 aliphatic rings. The van der Waals surface area contributed by atoms with Gasteiger partial charge in [0.25, 0.3) is 0 Å². The maximum absolute atomic E-state index is 13.1. The summed E-state index contributed by atoms with van der Waals surface area (Å²) < 4.78 is 19.9. The molecule has 0 amide bonds. The minimum Gasteiger partial charge on any atom is -0.462 e. The predicted octanol–water partition coefficient (Wildman–Crippen LogP) is 5.18. The van der Waals surface area contributed by atoms with E-state index < -0.39 is 5.97 Å². The Balaban J connectivity index is 1.46. The van der Waals surface area contributed by atoms with Crippen molar-refractivity contribution >= 4 is 45.6 Å². The summed E-state index contributed by atoms with van der Waals surface area (Å²) in [5.41, 5.74) is 2.28. The third-order valence-corrected chi connectivity index (χ3v) is 5.84. The van der Waals surface area contributed by atoms with E-state index >= 15 is 0 Å². The molecule has 7 nitrogen and oxygen atoms in total. The number of hydrogen-bond donors (Lipinski definition) is 2. The number of hydrogen-bond acceptors (Lipinski definition) is 6. The second kappa shape index (κ2) is 10.3. The Kier molecular flexibility index (Phi) is 7.06. The molecule has 0 bridgehead atoms. The molecule has 0 atom stereocenters. The van der Waals surface area contributed by atoms with Gasteiger partial charge in [0.05, 0.1) is 18.7 Å². The number of halogens is 1. The monoisotopic (exact) mass is 481 g/mol. The van der Waals surface area contributed by atoms with E-state index in [9.17, 15) is 9.18 Å². The first-order valence-corrected chi connectivity index (χ1v) is 11.3. The quantitative estimate of drug-likeness (QED) is 0.278. The van der Waals surface area contributed by atoms with Crippen LogP contribution in [-0.4, -0.2) is 32.5 Å². The molecule has 0 saturated heterocycles. The van der Waals surface area contributed by atoms with E-state index in [1.807, 2.05) is 30.3 Å². The number of nitrogens with one attached hydrogen (secondary N) is 2. The molecular formula is C23H20FN5O2S2. The lowest BCUT2D eigenvalue weighted by molar-refractivity contribution is 0.0528. The molecule has 0 radical (unpaired) electrons. The highest BCUT2D eigenvalue weighted by atomic mass is 32.1. The van der Waals surface area contributed by atoms with Gasteiger partial charge in [0, 0.05) is 4.88 Å². The number of rotatable bonds is 7. The lowest BCUT2D eigenvalue weighted by Crippen LogP contribution is -2.21. The van der Waals surface area contributed by atoms with Gasteiger partial charge >= 0.3 is 5.97 Å². The fourth-order valence-corrected chi connectivity index (χ4v) is 4.34. The highest BCUT2D eigenvalue weighted by Gasteiger charge is 2.19. The van der Waals surface area contributed by atoms with Gasteiger partial charge in [-0.25, -0.2) is 18.9 Å². The lowest BCUT2D eigenvalue weighted by Gasteiger charge is -2.08. The van der Waals surface area contributed by atoms with E-state index in [4.69, 9.17) is 17.0 Å². The number of esters is 1. The summed E-state index contributed by atoms with van der Waals surface area (Å²) in [7, 11) is 0. The van der Waals surface area contributed by atoms with E-state index in [-0.39, 0.29) is 17.5 Å². The highest BCUT2D eigenvalue weighted by molar-refractivity contribution is 7.80. The van der Waals surface area contributed by atoms with Gasteiger partial charge in [-0.3, -0.25) is 5.32 Å². The maximum atomic E-state index is 13.1. The van der Waals surface area contributed by atoms with E-state index in [2.05, 4.69) is 20.7 Å². The van der Waals surface area contributed by atoms with Crippen LogP contribution in [0.25, 0.3) is 10.4 Å². The minimum atomic E-state index is -0.428. The molecule has 0 saturated carbocycles. The highest BCUT2D eigenvalue weighted by Crippen LogP contribution is 2.36. The number of nitrogens with zero attached hydrogens (tertiary/aromatic N) is 3. The number of thiocarbonyl (C=S) groups is 1. The molecule has 168 valence electrons. The second-order valence-electron chi connectivity index (χ2n) is 6.91. The van der Waals surface area contributed by atoms with Gasteiger partial charge in [0.15, 0.2) is 5.11 Å². The zero-order valence-electron chi connectivity index (χ0n) is 17.6. The van der Waals surface area contributed by atoms with Crippen molar-refractivity contribution in [3.63, 3.8) is 0 Å². The maximum Gasteiger partial charge on any atom is 0.341 e. The van der Waals surface area contributed by atoms with Crippen LogP contribution in [0.4, 0.5) is 15.3 Å². The number of benzene rings is 2. The normalized spacial score (nSPS) is 10.6. The third kappa shape index (κ3) is 5.79. The molecule has 0 fully saturated rings. The van der Waals surface area contributed by atoms with E-state index in [1.54, 1.807) is 36.1 Å². The molecule has 10 heteroatoms. The van der Waals surface area contributed by atoms with Gasteiger partial charge < -0.3 is 10.1 Å². The first kappa shape index (κ1) is 22.6. The molecule has 2 aromatic carbocycles. The molecule has 4 aromatic rings. The van der Waals surface area contributed by atoms with Crippen LogP contribution in [0.1, 0.15) is 22.8 Å². The summed E-state index contributed by atoms with van der Waals surface area (Å²) in [5.74, 6) is -0.419. The van der Waals surface area contributed by atoms with Crippen molar-refractivity contribution in [2.24, 2.45) is 0 Å². The average molecular weight is 482 g/mol. The SMILES string of the molecule is CCOC(=O)c1cc(-c2ccccc2)sc1NC(=S)Nc1ncn(Cc2ccc(F)cc2)n1. The Bertz CT molecular complexity index is 1260. The Morgan fingerprint density at radius 1 is 1.15 bits per heavy atom. The molecule has 4 rings (SSSR count). The Hall–Kier alpha value is -3.63. The standard InChI is InChI=1S/C23H20FN5O2S2/c1-2-31-21(30)18-12-19(16-6-4-3-5-7-16)33-20(18)26-23(32)27-22-25-14-29(28-22)13-15-8-10-17(24)11-9-15/h3-12,14H,2,13H2,1H3,(H2,26,27,28,32). The first-order valence-electron chi connectivity index (χ1n) is 10.1. The van der Waals surface area contributed by atoms with Crippen molar-refractivity contribution in [2.45, 2.75) is 13.5 Å². The van der Waals surface area contributed by atoms with Crippen LogP contribution >= 0.6 is 23.6 Å². The summed E-state index contributed by atoms with van der Waals surface area (Å²) in [5, 5.41) is 11.1. The van der Waals surface area contributed by atoms with Crippen LogP contribution in [0.5, 0.6) is 0 Å². The summed E-state index contributed by atoms with van der Waals surface area (Å²) in [6.45, 7) is 2.47. The van der Waals surface area contributed by atoms with Crippen LogP contribution in [0.2, 0.25) is 0 Å². The van der Waals surface area contributed by atoms with Gasteiger partial charge in [0.2, 0.25) is 5.95 Å². The fraction of sp³-hybridized carbons (Fsp3) is 0.130. The van der Waals surface area contributed by atoms with Crippen molar-refractivity contribution in [3.8, 4) is 10.4 Å². The zero-order chi connectivity index (χ0) is 23.2. The van der Waals surface area contributed by atoms with Crippen molar-refractivity contribution < 1.29 is 13.9 Å². The van der Waals surface area contributed by atoms with E-state index in [0.717, 1.165) is 16.0 Å². The van der Waals surface area contributed by atoms with Gasteiger partial charge in [-0.05, 0) is 48.5 Å². The smallest absolute Gasteiger partial charge is 0.341 e. The number of aromatic nitrogens is 3. The van der Waals surface area contributed by atoms with Crippen molar-refractivity contribution in [3.05, 3.63) is 83.9 Å². The van der Waals surface area contributed by atoms with Gasteiger partial charge in [0.1, 0.15) is 17.1 Å². The predicted molar refractivity (Wildman–Crippen MR) is 131 cm³/mol. The average Bonchev–Trinajstić information content (AvgIpc) is 3.43. The summed E-state index contributed by atoms with van der Waals surface area (Å²) in [4.78, 5) is 17.6. The van der Waals surface area contributed by atoms with Crippen LogP contribution < -0.4 is 10.6 Å². The molecular weight excluding hydrogens is 461 g/mol. The van der Waals surface area contributed by atoms with Gasteiger partial charge in [-0.1, -0.05) is 42.5 Å². The summed E-state index contributed by atoms with van der Waals surface area (Å²) >= 11 is 6.81. The largest absolute Gasteiger partial charge is 0.462 e. The number of carbonyl (C=O) groups is 1.